The monoisotopic (exact) mass is 392 g/mol. The third kappa shape index (κ3) is 5.72. The molecule has 25 heavy (non-hydrogen) atoms. The lowest BCUT2D eigenvalue weighted by atomic mass is 9.87. The quantitative estimate of drug-likeness (QED) is 0.807. The van der Waals surface area contributed by atoms with Crippen LogP contribution in [0.25, 0.3) is 0 Å². The summed E-state index contributed by atoms with van der Waals surface area (Å²) in [6, 6.07) is 5.20. The van der Waals surface area contributed by atoms with Gasteiger partial charge in [0.1, 0.15) is 5.75 Å². The Morgan fingerprint density at radius 2 is 2.28 bits per heavy atom. The smallest absolute Gasteiger partial charge is 0.387 e. The minimum atomic E-state index is -2.82. The van der Waals surface area contributed by atoms with Crippen LogP contribution in [0.15, 0.2) is 18.2 Å². The Kier molecular flexibility index (Phi) is 7.78. The largest absolute Gasteiger partial charge is 0.435 e. The molecular weight excluding hydrogens is 370 g/mol. The maximum atomic E-state index is 12.3. The Balaban J connectivity index is 0.00000225. The Hall–Kier alpha value is -1.05. The van der Waals surface area contributed by atoms with Crippen molar-refractivity contribution in [3.63, 3.8) is 0 Å². The van der Waals surface area contributed by atoms with E-state index in [0.717, 1.165) is 48.4 Å². The maximum Gasteiger partial charge on any atom is 0.387 e. The van der Waals surface area contributed by atoms with Gasteiger partial charge in [-0.25, -0.2) is 0 Å². The van der Waals surface area contributed by atoms with Gasteiger partial charge < -0.3 is 15.4 Å². The second kappa shape index (κ2) is 9.59. The van der Waals surface area contributed by atoms with E-state index >= 15 is 0 Å². The fourth-order valence-electron chi connectivity index (χ4n) is 3.34. The van der Waals surface area contributed by atoms with Crippen molar-refractivity contribution in [2.75, 3.05) is 18.1 Å². The van der Waals surface area contributed by atoms with Crippen LogP contribution in [0, 0.1) is 0 Å². The standard InChI is InChI=1S/C17H22F2N2O2S.ClH/c18-17(19)23-13-4-5-14-11(8-13)2-1-3-15(14)21-16(22)9-12-10-24-7-6-20-12;/h4-5,8,12,15,17,20H,1-3,6-7,9-10H2,(H,21,22);1H. The van der Waals surface area contributed by atoms with E-state index in [1.54, 1.807) is 18.2 Å². The second-order valence-electron chi connectivity index (χ2n) is 6.18. The number of alkyl halides is 2. The molecule has 2 unspecified atom stereocenters. The molecule has 0 aromatic heterocycles. The van der Waals surface area contributed by atoms with Crippen molar-refractivity contribution >= 4 is 30.1 Å². The van der Waals surface area contributed by atoms with Crippen LogP contribution in [0.5, 0.6) is 5.75 Å². The Labute approximate surface area is 156 Å². The van der Waals surface area contributed by atoms with Crippen molar-refractivity contribution in [2.45, 2.75) is 44.4 Å². The van der Waals surface area contributed by atoms with Crippen LogP contribution in [0.4, 0.5) is 8.78 Å². The summed E-state index contributed by atoms with van der Waals surface area (Å²) in [6.07, 6.45) is 3.10. The van der Waals surface area contributed by atoms with Crippen LogP contribution in [0.2, 0.25) is 0 Å². The first-order valence-corrected chi connectivity index (χ1v) is 9.45. The third-order valence-electron chi connectivity index (χ3n) is 4.42. The number of hydrogen-bond acceptors (Lipinski definition) is 4. The van der Waals surface area contributed by atoms with Gasteiger partial charge in [0.25, 0.3) is 0 Å². The summed E-state index contributed by atoms with van der Waals surface area (Å²) in [4.78, 5) is 12.3. The molecule has 0 radical (unpaired) electrons. The van der Waals surface area contributed by atoms with Crippen LogP contribution in [0.3, 0.4) is 0 Å². The summed E-state index contributed by atoms with van der Waals surface area (Å²) in [5.74, 6) is 2.28. The maximum absolute atomic E-state index is 12.3. The zero-order valence-electron chi connectivity index (χ0n) is 13.8. The van der Waals surface area contributed by atoms with Gasteiger partial charge in [-0.15, -0.1) is 12.4 Å². The number of carbonyl (C=O) groups excluding carboxylic acids is 1. The molecule has 2 N–H and O–H groups in total. The molecule has 0 bridgehead atoms. The number of rotatable bonds is 5. The number of amides is 1. The lowest BCUT2D eigenvalue weighted by molar-refractivity contribution is -0.122. The second-order valence-corrected chi connectivity index (χ2v) is 7.33. The highest BCUT2D eigenvalue weighted by atomic mass is 35.5. The van der Waals surface area contributed by atoms with E-state index in [0.29, 0.717) is 6.42 Å². The predicted molar refractivity (Wildman–Crippen MR) is 97.9 cm³/mol. The highest BCUT2D eigenvalue weighted by Gasteiger charge is 2.24. The summed E-state index contributed by atoms with van der Waals surface area (Å²) >= 11 is 1.87. The summed E-state index contributed by atoms with van der Waals surface area (Å²) in [6.45, 7) is -1.87. The van der Waals surface area contributed by atoms with Gasteiger partial charge in [0.15, 0.2) is 0 Å². The topological polar surface area (TPSA) is 50.4 Å². The SMILES string of the molecule is Cl.O=C(CC1CSCCN1)NC1CCCc2cc(OC(F)F)ccc21. The molecule has 1 aromatic carbocycles. The Morgan fingerprint density at radius 3 is 3.00 bits per heavy atom. The van der Waals surface area contributed by atoms with Gasteiger partial charge >= 0.3 is 6.61 Å². The Bertz CT molecular complexity index is 586. The number of thioether (sulfide) groups is 1. The van der Waals surface area contributed by atoms with Crippen molar-refractivity contribution in [3.8, 4) is 5.75 Å². The molecule has 1 fully saturated rings. The summed E-state index contributed by atoms with van der Waals surface area (Å²) in [5.41, 5.74) is 2.00. The van der Waals surface area contributed by atoms with E-state index in [-0.39, 0.29) is 36.1 Å². The zero-order chi connectivity index (χ0) is 16.9. The van der Waals surface area contributed by atoms with Gasteiger partial charge in [0.05, 0.1) is 6.04 Å². The molecule has 2 aliphatic rings. The van der Waals surface area contributed by atoms with Gasteiger partial charge in [0.2, 0.25) is 5.91 Å². The summed E-state index contributed by atoms with van der Waals surface area (Å²) in [7, 11) is 0. The van der Waals surface area contributed by atoms with Crippen molar-refractivity contribution in [2.24, 2.45) is 0 Å². The van der Waals surface area contributed by atoms with Gasteiger partial charge in [-0.2, -0.15) is 20.5 Å². The van der Waals surface area contributed by atoms with Crippen molar-refractivity contribution in [1.82, 2.24) is 10.6 Å². The molecule has 0 spiro atoms. The molecule has 1 saturated heterocycles. The fourth-order valence-corrected chi connectivity index (χ4v) is 4.29. The first-order chi connectivity index (χ1) is 11.6. The Morgan fingerprint density at radius 1 is 1.44 bits per heavy atom. The van der Waals surface area contributed by atoms with E-state index in [2.05, 4.69) is 15.4 Å². The van der Waals surface area contributed by atoms with Gasteiger partial charge in [-0.1, -0.05) is 6.07 Å². The third-order valence-corrected chi connectivity index (χ3v) is 5.55. The number of ether oxygens (including phenoxy) is 1. The van der Waals surface area contributed by atoms with Crippen LogP contribution < -0.4 is 15.4 Å². The molecule has 2 atom stereocenters. The number of aryl methyl sites for hydroxylation is 1. The van der Waals surface area contributed by atoms with E-state index in [9.17, 15) is 13.6 Å². The zero-order valence-corrected chi connectivity index (χ0v) is 15.4. The number of carbonyl (C=O) groups is 1. The summed E-state index contributed by atoms with van der Waals surface area (Å²) < 4.78 is 29.1. The minimum absolute atomic E-state index is 0. The van der Waals surface area contributed by atoms with Crippen LogP contribution in [-0.4, -0.2) is 36.6 Å². The van der Waals surface area contributed by atoms with Gasteiger partial charge in [-0.05, 0) is 42.5 Å². The van der Waals surface area contributed by atoms with E-state index in [1.165, 1.54) is 0 Å². The first kappa shape index (κ1) is 20.3. The molecule has 1 aliphatic heterocycles. The normalized spacial score (nSPS) is 22.7. The average molecular weight is 393 g/mol. The van der Waals surface area contributed by atoms with Crippen molar-refractivity contribution in [1.29, 1.82) is 0 Å². The van der Waals surface area contributed by atoms with Gasteiger partial charge in [-0.3, -0.25) is 4.79 Å². The minimum Gasteiger partial charge on any atom is -0.435 e. The molecule has 140 valence electrons. The molecule has 1 amide bonds. The highest BCUT2D eigenvalue weighted by Crippen LogP contribution is 2.32. The van der Waals surface area contributed by atoms with Gasteiger partial charge in [0, 0.05) is 30.5 Å². The molecule has 1 aromatic rings. The van der Waals surface area contributed by atoms with Crippen molar-refractivity contribution < 1.29 is 18.3 Å². The molecule has 1 aliphatic carbocycles. The fraction of sp³-hybridized carbons (Fsp3) is 0.588. The average Bonchev–Trinajstić information content (AvgIpc) is 2.55. The van der Waals surface area contributed by atoms with Crippen LogP contribution in [0.1, 0.15) is 36.4 Å². The van der Waals surface area contributed by atoms with Crippen molar-refractivity contribution in [3.05, 3.63) is 29.3 Å². The number of benzene rings is 1. The van der Waals surface area contributed by atoms with Crippen LogP contribution in [-0.2, 0) is 11.2 Å². The number of nitrogens with one attached hydrogen (secondary N) is 2. The van der Waals surface area contributed by atoms with Crippen LogP contribution >= 0.6 is 24.2 Å². The number of hydrogen-bond donors (Lipinski definition) is 2. The predicted octanol–water partition coefficient (Wildman–Crippen LogP) is 3.30. The molecule has 8 heteroatoms. The number of halogens is 3. The first-order valence-electron chi connectivity index (χ1n) is 8.30. The highest BCUT2D eigenvalue weighted by molar-refractivity contribution is 7.99. The number of fused-ring (bicyclic) bond motifs is 1. The molecule has 4 nitrogen and oxygen atoms in total. The lowest BCUT2D eigenvalue weighted by Gasteiger charge is -2.28. The summed E-state index contributed by atoms with van der Waals surface area (Å²) in [5, 5.41) is 6.47. The molecular formula is C17H23ClF2N2O2S. The molecule has 0 saturated carbocycles. The van der Waals surface area contributed by atoms with E-state index in [4.69, 9.17) is 0 Å². The van der Waals surface area contributed by atoms with E-state index in [1.807, 2.05) is 11.8 Å². The van der Waals surface area contributed by atoms with E-state index < -0.39 is 6.61 Å². The lowest BCUT2D eigenvalue weighted by Crippen LogP contribution is -2.42. The molecule has 3 rings (SSSR count). The molecule has 1 heterocycles.